The van der Waals surface area contributed by atoms with Crippen molar-refractivity contribution in [3.8, 4) is 22.4 Å². The number of hydrogen-bond acceptors (Lipinski definition) is 4. The van der Waals surface area contributed by atoms with Crippen molar-refractivity contribution in [3.05, 3.63) is 70.9 Å². The van der Waals surface area contributed by atoms with E-state index < -0.39 is 11.8 Å². The van der Waals surface area contributed by atoms with Gasteiger partial charge in [0.15, 0.2) is 0 Å². The molecule has 1 heterocycles. The Bertz CT molecular complexity index is 1100. The largest absolute Gasteiger partial charge is 0.481 e. The zero-order valence-corrected chi connectivity index (χ0v) is 16.3. The van der Waals surface area contributed by atoms with Crippen LogP contribution in [0.1, 0.15) is 27.4 Å². The van der Waals surface area contributed by atoms with Crippen LogP contribution in [-0.4, -0.2) is 34.0 Å². The summed E-state index contributed by atoms with van der Waals surface area (Å²) in [6, 6.07) is 11.5. The third-order valence-electron chi connectivity index (χ3n) is 4.54. The summed E-state index contributed by atoms with van der Waals surface area (Å²) >= 11 is 0. The van der Waals surface area contributed by atoms with E-state index >= 15 is 0 Å². The lowest BCUT2D eigenvalue weighted by Gasteiger charge is -2.11. The third-order valence-corrected chi connectivity index (χ3v) is 4.54. The van der Waals surface area contributed by atoms with Gasteiger partial charge >= 0.3 is 5.97 Å². The summed E-state index contributed by atoms with van der Waals surface area (Å²) in [6.45, 7) is 3.55. The Morgan fingerprint density at radius 2 is 1.66 bits per heavy atom. The van der Waals surface area contributed by atoms with Crippen molar-refractivity contribution in [1.82, 2.24) is 15.3 Å². The van der Waals surface area contributed by atoms with E-state index in [1.165, 1.54) is 13.1 Å². The van der Waals surface area contributed by atoms with Gasteiger partial charge in [-0.15, -0.1) is 0 Å². The Balaban J connectivity index is 1.95. The van der Waals surface area contributed by atoms with Crippen LogP contribution in [-0.2, 0) is 11.2 Å². The molecule has 0 unspecified atom stereocenters. The minimum absolute atomic E-state index is 0.227. The van der Waals surface area contributed by atoms with Gasteiger partial charge in [0.25, 0.3) is 5.91 Å². The van der Waals surface area contributed by atoms with Crippen LogP contribution < -0.4 is 5.32 Å². The van der Waals surface area contributed by atoms with Crippen LogP contribution in [0.3, 0.4) is 0 Å². The number of carboxylic acid groups (broad SMARTS) is 1. The molecule has 1 aromatic heterocycles. The molecule has 1 amide bonds. The number of aryl methyl sites for hydroxylation is 2. The van der Waals surface area contributed by atoms with Crippen LogP contribution in [0.15, 0.2) is 42.5 Å². The number of carbonyl (C=O) groups is 2. The minimum atomic E-state index is -1.01. The molecule has 0 bridgehead atoms. The second kappa shape index (κ2) is 8.18. The molecular formula is C22H20FN3O3. The normalized spacial score (nSPS) is 10.6. The maximum absolute atomic E-state index is 14.4. The van der Waals surface area contributed by atoms with E-state index in [0.717, 1.165) is 5.56 Å². The first-order valence-electron chi connectivity index (χ1n) is 8.98. The lowest BCUT2D eigenvalue weighted by atomic mass is 9.99. The number of aliphatic carboxylic acids is 1. The summed E-state index contributed by atoms with van der Waals surface area (Å²) in [4.78, 5) is 31.7. The highest BCUT2D eigenvalue weighted by atomic mass is 19.1. The molecule has 148 valence electrons. The van der Waals surface area contributed by atoms with E-state index in [-0.39, 0.29) is 18.0 Å². The molecule has 6 nitrogen and oxygen atoms in total. The van der Waals surface area contributed by atoms with E-state index in [0.29, 0.717) is 33.8 Å². The summed E-state index contributed by atoms with van der Waals surface area (Å²) in [5.41, 5.74) is 4.27. The molecule has 29 heavy (non-hydrogen) atoms. The molecule has 0 radical (unpaired) electrons. The van der Waals surface area contributed by atoms with E-state index in [9.17, 15) is 14.0 Å². The number of hydrogen-bond donors (Lipinski definition) is 2. The maximum atomic E-state index is 14.4. The lowest BCUT2D eigenvalue weighted by molar-refractivity contribution is -0.136. The van der Waals surface area contributed by atoms with E-state index in [2.05, 4.69) is 15.3 Å². The zero-order chi connectivity index (χ0) is 21.1. The first-order valence-corrected chi connectivity index (χ1v) is 8.98. The Kier molecular flexibility index (Phi) is 5.68. The van der Waals surface area contributed by atoms with Crippen molar-refractivity contribution in [3.63, 3.8) is 0 Å². The maximum Gasteiger partial charge on any atom is 0.307 e. The Labute approximate surface area is 167 Å². The van der Waals surface area contributed by atoms with Gasteiger partial charge in [-0.2, -0.15) is 0 Å². The van der Waals surface area contributed by atoms with E-state index in [1.54, 1.807) is 43.3 Å². The van der Waals surface area contributed by atoms with Crippen LogP contribution in [0, 0.1) is 19.7 Å². The number of benzene rings is 2. The Morgan fingerprint density at radius 1 is 1.00 bits per heavy atom. The molecule has 0 aliphatic rings. The van der Waals surface area contributed by atoms with Crippen molar-refractivity contribution in [2.75, 3.05) is 7.05 Å². The van der Waals surface area contributed by atoms with Crippen molar-refractivity contribution < 1.29 is 19.1 Å². The zero-order valence-electron chi connectivity index (χ0n) is 16.3. The number of carboxylic acids is 1. The van der Waals surface area contributed by atoms with Crippen molar-refractivity contribution >= 4 is 11.9 Å². The van der Waals surface area contributed by atoms with Gasteiger partial charge in [0, 0.05) is 18.2 Å². The quantitative estimate of drug-likeness (QED) is 0.692. The molecule has 2 N–H and O–H groups in total. The van der Waals surface area contributed by atoms with Crippen molar-refractivity contribution in [1.29, 1.82) is 0 Å². The summed E-state index contributed by atoms with van der Waals surface area (Å²) in [5.74, 6) is -1.80. The first-order chi connectivity index (χ1) is 13.8. The molecule has 0 spiro atoms. The average Bonchev–Trinajstić information content (AvgIpc) is 2.67. The molecule has 0 atom stereocenters. The lowest BCUT2D eigenvalue weighted by Crippen LogP contribution is -2.21. The number of amides is 1. The molecular weight excluding hydrogens is 373 g/mol. The molecule has 7 heteroatoms. The predicted octanol–water partition coefficient (Wildman–Crippen LogP) is 3.55. The highest BCUT2D eigenvalue weighted by Crippen LogP contribution is 2.28. The van der Waals surface area contributed by atoms with Crippen molar-refractivity contribution in [2.45, 2.75) is 20.3 Å². The van der Waals surface area contributed by atoms with Gasteiger partial charge in [-0.1, -0.05) is 36.4 Å². The molecule has 0 saturated carbocycles. The van der Waals surface area contributed by atoms with Gasteiger partial charge in [-0.25, -0.2) is 9.37 Å². The smallest absolute Gasteiger partial charge is 0.307 e. The minimum Gasteiger partial charge on any atom is -0.481 e. The summed E-state index contributed by atoms with van der Waals surface area (Å²) in [6.07, 6.45) is -0.227. The van der Waals surface area contributed by atoms with Gasteiger partial charge in [0.2, 0.25) is 0 Å². The Morgan fingerprint density at radius 3 is 2.24 bits per heavy atom. The molecule has 3 rings (SSSR count). The Hall–Kier alpha value is -3.61. The second-order valence-corrected chi connectivity index (χ2v) is 6.63. The highest BCUT2D eigenvalue weighted by molar-refractivity contribution is 5.93. The van der Waals surface area contributed by atoms with Crippen LogP contribution in [0.2, 0.25) is 0 Å². The van der Waals surface area contributed by atoms with Crippen molar-refractivity contribution in [2.24, 2.45) is 0 Å². The fourth-order valence-electron chi connectivity index (χ4n) is 3.12. The van der Waals surface area contributed by atoms with Crippen LogP contribution in [0.25, 0.3) is 22.4 Å². The van der Waals surface area contributed by atoms with Gasteiger partial charge in [-0.05, 0) is 31.0 Å². The summed E-state index contributed by atoms with van der Waals surface area (Å²) in [7, 11) is 1.54. The van der Waals surface area contributed by atoms with Gasteiger partial charge in [-0.3, -0.25) is 14.6 Å². The molecule has 0 aliphatic carbocycles. The molecule has 0 saturated heterocycles. The highest BCUT2D eigenvalue weighted by Gasteiger charge is 2.16. The average molecular weight is 393 g/mol. The number of nitrogens with zero attached hydrogens (tertiary/aromatic N) is 2. The summed E-state index contributed by atoms with van der Waals surface area (Å²) in [5, 5.41) is 11.4. The molecule has 3 aromatic rings. The van der Waals surface area contributed by atoms with Crippen LogP contribution in [0.4, 0.5) is 4.39 Å². The molecule has 0 aliphatic heterocycles. The summed E-state index contributed by atoms with van der Waals surface area (Å²) < 4.78 is 14.4. The number of rotatable bonds is 5. The first kappa shape index (κ1) is 20.1. The molecule has 0 fully saturated rings. The third kappa shape index (κ3) is 4.29. The standard InChI is InChI=1S/C22H20FN3O3/c1-12-20(26-21(13(2)25-12)22(29)24-3)16-7-5-15(6-8-16)17-9-4-14(10-18(17)23)11-19(27)28/h4-10H,11H2,1-3H3,(H,24,29)(H,27,28). The monoisotopic (exact) mass is 393 g/mol. The number of halogens is 1. The predicted molar refractivity (Wildman–Crippen MR) is 107 cm³/mol. The van der Waals surface area contributed by atoms with Crippen LogP contribution in [0.5, 0.6) is 0 Å². The van der Waals surface area contributed by atoms with Gasteiger partial charge in [0.1, 0.15) is 11.5 Å². The van der Waals surface area contributed by atoms with Gasteiger partial charge in [0.05, 0.1) is 23.5 Å². The van der Waals surface area contributed by atoms with Gasteiger partial charge < -0.3 is 10.4 Å². The SMILES string of the molecule is CNC(=O)c1nc(-c2ccc(-c3ccc(CC(=O)O)cc3F)cc2)c(C)nc1C. The topological polar surface area (TPSA) is 92.2 Å². The fraction of sp³-hybridized carbons (Fsp3) is 0.182. The van der Waals surface area contributed by atoms with E-state index in [4.69, 9.17) is 5.11 Å². The fourth-order valence-corrected chi connectivity index (χ4v) is 3.12. The van der Waals surface area contributed by atoms with Crippen LogP contribution >= 0.6 is 0 Å². The number of carbonyl (C=O) groups excluding carboxylic acids is 1. The number of aromatic nitrogens is 2. The molecule has 2 aromatic carbocycles. The second-order valence-electron chi connectivity index (χ2n) is 6.63. The number of nitrogens with one attached hydrogen (secondary N) is 1. The van der Waals surface area contributed by atoms with E-state index in [1.807, 2.05) is 6.92 Å².